The summed E-state index contributed by atoms with van der Waals surface area (Å²) in [5.74, 6) is 0.0252. The predicted octanol–water partition coefficient (Wildman–Crippen LogP) is 1.19. The van der Waals surface area contributed by atoms with Gasteiger partial charge in [0.05, 0.1) is 6.61 Å². The molecular formula is C15H29KO4S. The summed E-state index contributed by atoms with van der Waals surface area (Å²) in [7, 11) is -4.58. The summed E-state index contributed by atoms with van der Waals surface area (Å²) in [6, 6.07) is 0. The van der Waals surface area contributed by atoms with Crippen molar-refractivity contribution in [3.05, 3.63) is 12.2 Å². The SMILES string of the molecule is CCCCC/C=C/C(CCCCCC)COS(=O)(=O)[O-].[K+]. The third kappa shape index (κ3) is 19.2. The Labute approximate surface area is 173 Å². The predicted molar refractivity (Wildman–Crippen MR) is 81.2 cm³/mol. The quantitative estimate of drug-likeness (QED) is 0.165. The zero-order valence-corrected chi connectivity index (χ0v) is 17.8. The first kappa shape index (κ1) is 24.5. The molecule has 0 aliphatic carbocycles. The average molecular weight is 345 g/mol. The Bertz CT molecular complexity index is 342. The Morgan fingerprint density at radius 3 is 2.24 bits per heavy atom. The van der Waals surface area contributed by atoms with Gasteiger partial charge in [0.1, 0.15) is 0 Å². The summed E-state index contributed by atoms with van der Waals surface area (Å²) < 4.78 is 36.0. The molecule has 1 unspecified atom stereocenters. The second-order valence-corrected chi connectivity index (χ2v) is 6.28. The molecule has 0 amide bonds. The third-order valence-corrected chi connectivity index (χ3v) is 3.66. The normalized spacial score (nSPS) is 13.3. The molecule has 0 aromatic carbocycles. The molecular weight excluding hydrogens is 315 g/mol. The second kappa shape index (κ2) is 16.1. The van der Waals surface area contributed by atoms with Crippen molar-refractivity contribution < 1.29 is 68.5 Å². The maximum absolute atomic E-state index is 10.5. The largest absolute Gasteiger partial charge is 1.00 e. The zero-order valence-electron chi connectivity index (χ0n) is 13.8. The fourth-order valence-electron chi connectivity index (χ4n) is 2.04. The van der Waals surface area contributed by atoms with Crippen molar-refractivity contribution in [1.82, 2.24) is 0 Å². The molecule has 4 nitrogen and oxygen atoms in total. The standard InChI is InChI=1S/C15H30O4S.K/c1-3-5-7-9-11-13-15(12-10-8-6-4-2)14-19-20(16,17)18;/h11,13,15H,3-10,12,14H2,1-2H3,(H,16,17,18);/q;+1/p-1/b13-11+;. The van der Waals surface area contributed by atoms with Gasteiger partial charge in [-0.25, -0.2) is 8.42 Å². The molecule has 120 valence electrons. The maximum Gasteiger partial charge on any atom is 1.00 e. The van der Waals surface area contributed by atoms with Crippen molar-refractivity contribution in [2.24, 2.45) is 5.92 Å². The topological polar surface area (TPSA) is 66.4 Å². The van der Waals surface area contributed by atoms with Crippen molar-refractivity contribution in [2.75, 3.05) is 6.61 Å². The van der Waals surface area contributed by atoms with Gasteiger partial charge in [-0.15, -0.1) is 0 Å². The van der Waals surface area contributed by atoms with Crippen LogP contribution in [0.2, 0.25) is 0 Å². The summed E-state index contributed by atoms with van der Waals surface area (Å²) in [5.41, 5.74) is 0. The minimum absolute atomic E-state index is 0. The van der Waals surface area contributed by atoms with Crippen LogP contribution < -0.4 is 51.4 Å². The van der Waals surface area contributed by atoms with E-state index in [-0.39, 0.29) is 63.9 Å². The molecule has 0 saturated heterocycles. The van der Waals surface area contributed by atoms with Crippen LogP contribution in [0.15, 0.2) is 12.2 Å². The fraction of sp³-hybridized carbons (Fsp3) is 0.867. The van der Waals surface area contributed by atoms with Crippen LogP contribution in [0.25, 0.3) is 0 Å². The van der Waals surface area contributed by atoms with Gasteiger partial charge in [0, 0.05) is 5.92 Å². The molecule has 0 N–H and O–H groups in total. The molecule has 0 aromatic heterocycles. The van der Waals surface area contributed by atoms with Crippen LogP contribution in [0.5, 0.6) is 0 Å². The van der Waals surface area contributed by atoms with Gasteiger partial charge in [-0.05, 0) is 19.3 Å². The summed E-state index contributed by atoms with van der Waals surface area (Å²) >= 11 is 0. The van der Waals surface area contributed by atoms with E-state index in [9.17, 15) is 13.0 Å². The van der Waals surface area contributed by atoms with Crippen LogP contribution in [-0.2, 0) is 14.6 Å². The first-order valence-corrected chi connectivity index (χ1v) is 9.09. The van der Waals surface area contributed by atoms with E-state index in [0.717, 1.165) is 32.1 Å². The fourth-order valence-corrected chi connectivity index (χ4v) is 2.38. The minimum Gasteiger partial charge on any atom is -0.726 e. The summed E-state index contributed by atoms with van der Waals surface area (Å²) in [6.45, 7) is 4.29. The Hall–Kier alpha value is 1.25. The van der Waals surface area contributed by atoms with Crippen LogP contribution in [0.3, 0.4) is 0 Å². The molecule has 1 atom stereocenters. The Kier molecular flexibility index (Phi) is 18.8. The van der Waals surface area contributed by atoms with E-state index in [4.69, 9.17) is 0 Å². The van der Waals surface area contributed by atoms with Gasteiger partial charge < -0.3 is 4.55 Å². The number of hydrogen-bond acceptors (Lipinski definition) is 4. The Balaban J connectivity index is 0. The van der Waals surface area contributed by atoms with E-state index in [1.165, 1.54) is 25.7 Å². The van der Waals surface area contributed by atoms with Gasteiger partial charge >= 0.3 is 51.4 Å². The molecule has 0 aromatic rings. The summed E-state index contributed by atoms with van der Waals surface area (Å²) in [6.07, 6.45) is 14.0. The first-order chi connectivity index (χ1) is 9.49. The van der Waals surface area contributed by atoms with Gasteiger partial charge in [0.15, 0.2) is 0 Å². The van der Waals surface area contributed by atoms with Crippen LogP contribution in [0.4, 0.5) is 0 Å². The van der Waals surface area contributed by atoms with E-state index in [0.29, 0.717) is 0 Å². The number of hydrogen-bond donors (Lipinski definition) is 0. The molecule has 0 radical (unpaired) electrons. The van der Waals surface area contributed by atoms with Gasteiger partial charge in [0.25, 0.3) is 0 Å². The number of unbranched alkanes of at least 4 members (excludes halogenated alkanes) is 6. The summed E-state index contributed by atoms with van der Waals surface area (Å²) in [4.78, 5) is 0. The molecule has 0 bridgehead atoms. The van der Waals surface area contributed by atoms with Gasteiger partial charge in [-0.1, -0.05) is 64.5 Å². The van der Waals surface area contributed by atoms with Crippen LogP contribution in [0, 0.1) is 5.92 Å². The summed E-state index contributed by atoms with van der Waals surface area (Å²) in [5, 5.41) is 0. The van der Waals surface area contributed by atoms with E-state index in [1.54, 1.807) is 0 Å². The molecule has 0 saturated carbocycles. The van der Waals surface area contributed by atoms with Crippen molar-refractivity contribution >= 4 is 10.4 Å². The van der Waals surface area contributed by atoms with Crippen molar-refractivity contribution in [3.63, 3.8) is 0 Å². The molecule has 0 aliphatic heterocycles. The minimum atomic E-state index is -4.58. The van der Waals surface area contributed by atoms with Gasteiger partial charge in [-0.3, -0.25) is 4.18 Å². The third-order valence-electron chi connectivity index (χ3n) is 3.24. The van der Waals surface area contributed by atoms with E-state index < -0.39 is 10.4 Å². The molecule has 0 aliphatic rings. The Morgan fingerprint density at radius 1 is 1.05 bits per heavy atom. The monoisotopic (exact) mass is 344 g/mol. The Morgan fingerprint density at radius 2 is 1.67 bits per heavy atom. The van der Waals surface area contributed by atoms with Crippen LogP contribution >= 0.6 is 0 Å². The second-order valence-electron chi connectivity index (χ2n) is 5.23. The van der Waals surface area contributed by atoms with E-state index in [1.807, 2.05) is 6.08 Å². The van der Waals surface area contributed by atoms with Gasteiger partial charge in [0.2, 0.25) is 10.4 Å². The zero-order chi connectivity index (χ0) is 15.3. The molecule has 6 heteroatoms. The molecule has 0 spiro atoms. The molecule has 0 rings (SSSR count). The first-order valence-electron chi connectivity index (χ1n) is 7.76. The van der Waals surface area contributed by atoms with Crippen molar-refractivity contribution in [1.29, 1.82) is 0 Å². The van der Waals surface area contributed by atoms with Crippen LogP contribution in [0.1, 0.15) is 71.6 Å². The number of rotatable bonds is 13. The number of allylic oxidation sites excluding steroid dienone is 1. The smallest absolute Gasteiger partial charge is 0.726 e. The van der Waals surface area contributed by atoms with E-state index in [2.05, 4.69) is 24.1 Å². The molecule has 21 heavy (non-hydrogen) atoms. The van der Waals surface area contributed by atoms with Crippen LogP contribution in [-0.4, -0.2) is 19.6 Å². The van der Waals surface area contributed by atoms with Crippen molar-refractivity contribution in [3.8, 4) is 0 Å². The maximum atomic E-state index is 10.5. The average Bonchev–Trinajstić information content (AvgIpc) is 2.38. The van der Waals surface area contributed by atoms with Crippen molar-refractivity contribution in [2.45, 2.75) is 71.6 Å². The molecule has 0 fully saturated rings. The van der Waals surface area contributed by atoms with Gasteiger partial charge in [-0.2, -0.15) is 0 Å². The van der Waals surface area contributed by atoms with E-state index >= 15 is 0 Å². The molecule has 0 heterocycles.